The topological polar surface area (TPSA) is 34.6 Å². The van der Waals surface area contributed by atoms with Crippen molar-refractivity contribution in [1.82, 2.24) is 9.88 Å². The van der Waals surface area contributed by atoms with E-state index in [1.165, 1.54) is 25.9 Å². The fourth-order valence-corrected chi connectivity index (χ4v) is 2.96. The Morgan fingerprint density at radius 1 is 1.39 bits per heavy atom. The van der Waals surface area contributed by atoms with Gasteiger partial charge in [-0.2, -0.15) is 0 Å². The van der Waals surface area contributed by atoms with Gasteiger partial charge in [-0.05, 0) is 31.8 Å². The van der Waals surface area contributed by atoms with Gasteiger partial charge in [-0.25, -0.2) is 4.98 Å². The molecular formula is C13H17ClN2O2. The summed E-state index contributed by atoms with van der Waals surface area (Å²) in [6.07, 6.45) is 4.28. The van der Waals surface area contributed by atoms with E-state index in [9.17, 15) is 0 Å². The highest BCUT2D eigenvalue weighted by Gasteiger charge is 2.35. The summed E-state index contributed by atoms with van der Waals surface area (Å²) < 4.78 is 11.2. The van der Waals surface area contributed by atoms with Crippen molar-refractivity contribution in [2.45, 2.75) is 18.9 Å². The largest absolute Gasteiger partial charge is 0.495 e. The molecule has 1 aromatic rings. The molecule has 3 saturated heterocycles. The second-order valence-corrected chi connectivity index (χ2v) is 5.32. The lowest BCUT2D eigenvalue weighted by atomic mass is 9.86. The monoisotopic (exact) mass is 268 g/mol. The highest BCUT2D eigenvalue weighted by atomic mass is 35.5. The highest BCUT2D eigenvalue weighted by molar-refractivity contribution is 6.30. The average molecular weight is 269 g/mol. The standard InChI is InChI=1S/C13H17ClN2O2/c1-17-10-6-11(13(14)15-7-10)18-12-8-16-4-2-9(12)3-5-16/h6-7,9,12H,2-5,8H2,1H3/t12-/m0/s1. The summed E-state index contributed by atoms with van der Waals surface area (Å²) >= 11 is 6.07. The molecule has 18 heavy (non-hydrogen) atoms. The molecule has 0 spiro atoms. The quantitative estimate of drug-likeness (QED) is 0.788. The van der Waals surface area contributed by atoms with Crippen LogP contribution in [0.4, 0.5) is 0 Å². The first-order valence-electron chi connectivity index (χ1n) is 6.35. The van der Waals surface area contributed by atoms with Gasteiger partial charge >= 0.3 is 0 Å². The van der Waals surface area contributed by atoms with Gasteiger partial charge in [-0.1, -0.05) is 11.6 Å². The zero-order chi connectivity index (χ0) is 12.5. The molecule has 0 unspecified atom stereocenters. The maximum Gasteiger partial charge on any atom is 0.171 e. The summed E-state index contributed by atoms with van der Waals surface area (Å²) in [6, 6.07) is 1.81. The molecule has 3 aliphatic rings. The molecule has 0 aliphatic carbocycles. The number of hydrogen-bond acceptors (Lipinski definition) is 4. The van der Waals surface area contributed by atoms with Gasteiger partial charge in [0.25, 0.3) is 0 Å². The Kier molecular flexibility index (Phi) is 3.31. The smallest absolute Gasteiger partial charge is 0.171 e. The lowest BCUT2D eigenvalue weighted by Crippen LogP contribution is -2.52. The number of halogens is 1. The van der Waals surface area contributed by atoms with E-state index in [4.69, 9.17) is 21.1 Å². The summed E-state index contributed by atoms with van der Waals surface area (Å²) in [7, 11) is 1.61. The summed E-state index contributed by atoms with van der Waals surface area (Å²) in [6.45, 7) is 3.40. The Hall–Kier alpha value is -1.00. The van der Waals surface area contributed by atoms with Gasteiger partial charge in [-0.15, -0.1) is 0 Å². The maximum atomic E-state index is 6.07. The SMILES string of the molecule is COc1cnc(Cl)c(O[C@H]2CN3CCC2CC3)c1. The van der Waals surface area contributed by atoms with Crippen LogP contribution in [-0.4, -0.2) is 42.7 Å². The van der Waals surface area contributed by atoms with Gasteiger partial charge in [0, 0.05) is 12.6 Å². The van der Waals surface area contributed by atoms with Crippen LogP contribution < -0.4 is 9.47 Å². The molecule has 0 amide bonds. The average Bonchev–Trinajstić information content (AvgIpc) is 2.43. The predicted molar refractivity (Wildman–Crippen MR) is 69.4 cm³/mol. The normalized spacial score (nSPS) is 30.2. The van der Waals surface area contributed by atoms with Crippen LogP contribution in [0.1, 0.15) is 12.8 Å². The molecule has 98 valence electrons. The first kappa shape index (κ1) is 12.1. The van der Waals surface area contributed by atoms with Crippen LogP contribution in [0.2, 0.25) is 5.15 Å². The van der Waals surface area contributed by atoms with Crippen LogP contribution >= 0.6 is 11.6 Å². The first-order chi connectivity index (χ1) is 8.76. The Bertz CT molecular complexity index is 433. The van der Waals surface area contributed by atoms with E-state index in [2.05, 4.69) is 9.88 Å². The Labute approximate surface area is 112 Å². The van der Waals surface area contributed by atoms with Crippen LogP contribution in [0.3, 0.4) is 0 Å². The molecule has 4 nitrogen and oxygen atoms in total. The zero-order valence-corrected chi connectivity index (χ0v) is 11.2. The van der Waals surface area contributed by atoms with Crippen molar-refractivity contribution in [3.8, 4) is 11.5 Å². The fourth-order valence-electron chi connectivity index (χ4n) is 2.81. The van der Waals surface area contributed by atoms with Gasteiger partial charge in [-0.3, -0.25) is 4.90 Å². The first-order valence-corrected chi connectivity index (χ1v) is 6.72. The second kappa shape index (κ2) is 4.94. The second-order valence-electron chi connectivity index (χ2n) is 4.96. The lowest BCUT2D eigenvalue weighted by molar-refractivity contribution is -0.00795. The van der Waals surface area contributed by atoms with E-state index in [0.717, 1.165) is 6.54 Å². The zero-order valence-electron chi connectivity index (χ0n) is 10.4. The molecule has 0 saturated carbocycles. The van der Waals surface area contributed by atoms with Gasteiger partial charge in [0.2, 0.25) is 0 Å². The van der Waals surface area contributed by atoms with Crippen molar-refractivity contribution in [2.24, 2.45) is 5.92 Å². The van der Waals surface area contributed by atoms with Crippen molar-refractivity contribution >= 4 is 11.6 Å². The minimum absolute atomic E-state index is 0.235. The van der Waals surface area contributed by atoms with Crippen LogP contribution in [0.5, 0.6) is 11.5 Å². The number of hydrogen-bond donors (Lipinski definition) is 0. The molecule has 4 heterocycles. The third-order valence-electron chi connectivity index (χ3n) is 3.89. The lowest BCUT2D eigenvalue weighted by Gasteiger charge is -2.44. The third kappa shape index (κ3) is 2.27. The van der Waals surface area contributed by atoms with E-state index in [0.29, 0.717) is 22.6 Å². The van der Waals surface area contributed by atoms with E-state index in [1.54, 1.807) is 13.3 Å². The number of methoxy groups -OCH3 is 1. The molecule has 3 fully saturated rings. The van der Waals surface area contributed by atoms with Crippen molar-refractivity contribution in [1.29, 1.82) is 0 Å². The van der Waals surface area contributed by atoms with E-state index in [-0.39, 0.29) is 6.10 Å². The van der Waals surface area contributed by atoms with E-state index in [1.807, 2.05) is 6.07 Å². The summed E-state index contributed by atoms with van der Waals surface area (Å²) in [4.78, 5) is 6.53. The van der Waals surface area contributed by atoms with Crippen LogP contribution in [0.15, 0.2) is 12.3 Å². The van der Waals surface area contributed by atoms with Crippen molar-refractivity contribution in [3.63, 3.8) is 0 Å². The van der Waals surface area contributed by atoms with Gasteiger partial charge in [0.1, 0.15) is 11.9 Å². The van der Waals surface area contributed by atoms with Crippen LogP contribution in [0, 0.1) is 5.92 Å². The minimum atomic E-state index is 0.235. The molecule has 2 bridgehead atoms. The van der Waals surface area contributed by atoms with Crippen molar-refractivity contribution in [2.75, 3.05) is 26.7 Å². The predicted octanol–water partition coefficient (Wildman–Crippen LogP) is 2.22. The molecule has 4 rings (SSSR count). The minimum Gasteiger partial charge on any atom is -0.495 e. The van der Waals surface area contributed by atoms with Gasteiger partial charge in [0.15, 0.2) is 10.9 Å². The molecule has 1 aromatic heterocycles. The number of rotatable bonds is 3. The van der Waals surface area contributed by atoms with Crippen molar-refractivity contribution in [3.05, 3.63) is 17.4 Å². The third-order valence-corrected chi connectivity index (χ3v) is 4.18. The molecule has 0 aromatic carbocycles. The van der Waals surface area contributed by atoms with Crippen molar-refractivity contribution < 1.29 is 9.47 Å². The number of pyridine rings is 1. The summed E-state index contributed by atoms with van der Waals surface area (Å²) in [5.41, 5.74) is 0. The molecule has 0 N–H and O–H groups in total. The summed E-state index contributed by atoms with van der Waals surface area (Å²) in [5.74, 6) is 1.96. The maximum absolute atomic E-state index is 6.07. The number of ether oxygens (including phenoxy) is 2. The van der Waals surface area contributed by atoms with Crippen LogP contribution in [-0.2, 0) is 0 Å². The van der Waals surface area contributed by atoms with Crippen LogP contribution in [0.25, 0.3) is 0 Å². The van der Waals surface area contributed by atoms with E-state index < -0.39 is 0 Å². The Morgan fingerprint density at radius 3 is 2.78 bits per heavy atom. The molecular weight excluding hydrogens is 252 g/mol. The Balaban J connectivity index is 1.76. The van der Waals surface area contributed by atoms with E-state index >= 15 is 0 Å². The Morgan fingerprint density at radius 2 is 2.17 bits per heavy atom. The number of aromatic nitrogens is 1. The highest BCUT2D eigenvalue weighted by Crippen LogP contribution is 2.33. The number of piperidine rings is 3. The fraction of sp³-hybridized carbons (Fsp3) is 0.615. The van der Waals surface area contributed by atoms with Gasteiger partial charge in [0.05, 0.1) is 13.3 Å². The number of nitrogens with zero attached hydrogens (tertiary/aromatic N) is 2. The van der Waals surface area contributed by atoms with Gasteiger partial charge < -0.3 is 9.47 Å². The molecule has 1 atom stereocenters. The molecule has 0 radical (unpaired) electrons. The molecule has 3 aliphatic heterocycles. The summed E-state index contributed by atoms with van der Waals surface area (Å²) in [5, 5.41) is 0.409. The number of fused-ring (bicyclic) bond motifs is 3. The molecule has 5 heteroatoms.